The maximum absolute atomic E-state index is 11.6. The highest BCUT2D eigenvalue weighted by molar-refractivity contribution is 8.24. The first-order valence-corrected chi connectivity index (χ1v) is 8.36. The van der Waals surface area contributed by atoms with E-state index in [2.05, 4.69) is 0 Å². The first-order chi connectivity index (χ1) is 8.05. The van der Waals surface area contributed by atoms with E-state index >= 15 is 0 Å². The Labute approximate surface area is 109 Å². The molecule has 3 rings (SSSR count). The molecule has 4 nitrogen and oxygen atoms in total. The summed E-state index contributed by atoms with van der Waals surface area (Å²) in [4.78, 5) is 1.98. The van der Waals surface area contributed by atoms with Crippen LogP contribution in [0.5, 0.6) is 0 Å². The summed E-state index contributed by atoms with van der Waals surface area (Å²) in [5, 5.41) is 0.0995. The Morgan fingerprint density at radius 1 is 1.53 bits per heavy atom. The van der Waals surface area contributed by atoms with Crippen molar-refractivity contribution in [3.05, 3.63) is 24.2 Å². The molecule has 2 aliphatic heterocycles. The van der Waals surface area contributed by atoms with E-state index < -0.39 is 9.84 Å². The molecule has 7 heteroatoms. The lowest BCUT2D eigenvalue weighted by atomic mass is 10.2. The molecular formula is C10H11NO3S3. The predicted molar refractivity (Wildman–Crippen MR) is 70.7 cm³/mol. The van der Waals surface area contributed by atoms with Crippen molar-refractivity contribution >= 4 is 38.1 Å². The fourth-order valence-electron chi connectivity index (χ4n) is 2.28. The predicted octanol–water partition coefficient (Wildman–Crippen LogP) is 1.28. The van der Waals surface area contributed by atoms with Gasteiger partial charge in [-0.25, -0.2) is 8.42 Å². The van der Waals surface area contributed by atoms with Crippen LogP contribution in [0.4, 0.5) is 0 Å². The smallest absolute Gasteiger partial charge is 0.153 e. The van der Waals surface area contributed by atoms with Gasteiger partial charge in [0.25, 0.3) is 0 Å². The summed E-state index contributed by atoms with van der Waals surface area (Å²) in [7, 11) is -2.89. The van der Waals surface area contributed by atoms with Gasteiger partial charge >= 0.3 is 0 Å². The molecule has 0 aliphatic carbocycles. The monoisotopic (exact) mass is 289 g/mol. The van der Waals surface area contributed by atoms with Crippen LogP contribution in [0.15, 0.2) is 22.8 Å². The number of furan rings is 1. The first kappa shape index (κ1) is 11.6. The molecule has 1 aromatic heterocycles. The molecule has 2 aliphatic rings. The lowest BCUT2D eigenvalue weighted by Gasteiger charge is -2.22. The highest BCUT2D eigenvalue weighted by Crippen LogP contribution is 2.38. The van der Waals surface area contributed by atoms with Crippen LogP contribution in [0.2, 0.25) is 0 Å². The third-order valence-electron chi connectivity index (χ3n) is 3.07. The van der Waals surface area contributed by atoms with Gasteiger partial charge in [-0.2, -0.15) is 0 Å². The first-order valence-electron chi connectivity index (χ1n) is 5.25. The average molecular weight is 289 g/mol. The molecule has 0 unspecified atom stereocenters. The van der Waals surface area contributed by atoms with Gasteiger partial charge in [-0.1, -0.05) is 24.0 Å². The van der Waals surface area contributed by atoms with Gasteiger partial charge in [-0.15, -0.1) is 0 Å². The molecule has 17 heavy (non-hydrogen) atoms. The van der Waals surface area contributed by atoms with Crippen LogP contribution in [-0.2, 0) is 16.4 Å². The van der Waals surface area contributed by atoms with E-state index in [9.17, 15) is 8.42 Å². The van der Waals surface area contributed by atoms with Crippen LogP contribution in [0.1, 0.15) is 5.76 Å². The largest absolute Gasteiger partial charge is 0.467 e. The summed E-state index contributed by atoms with van der Waals surface area (Å²) in [6.07, 6.45) is 1.62. The van der Waals surface area contributed by atoms with Crippen molar-refractivity contribution in [3.8, 4) is 0 Å². The summed E-state index contributed by atoms with van der Waals surface area (Å²) in [6, 6.07) is 3.72. The van der Waals surface area contributed by atoms with Crippen molar-refractivity contribution in [2.75, 3.05) is 11.5 Å². The molecule has 0 N–H and O–H groups in total. The highest BCUT2D eigenvalue weighted by atomic mass is 32.2. The van der Waals surface area contributed by atoms with Crippen molar-refractivity contribution in [1.29, 1.82) is 0 Å². The fourth-order valence-corrected chi connectivity index (χ4v) is 6.66. The SMILES string of the molecule is O=S1(=O)C[C@@H]2SC(=S)N(Cc3ccco3)[C@@H]2C1. The number of sulfone groups is 1. The van der Waals surface area contributed by atoms with Crippen molar-refractivity contribution in [3.63, 3.8) is 0 Å². The minimum Gasteiger partial charge on any atom is -0.467 e. The minimum atomic E-state index is -2.89. The Bertz CT molecular complexity index is 537. The summed E-state index contributed by atoms with van der Waals surface area (Å²) < 4.78 is 29.3. The molecule has 2 fully saturated rings. The van der Waals surface area contributed by atoms with Crippen molar-refractivity contribution in [2.45, 2.75) is 17.8 Å². The van der Waals surface area contributed by atoms with Gasteiger partial charge < -0.3 is 9.32 Å². The molecule has 0 bridgehead atoms. The standard InChI is InChI=1S/C10H11NO3S3/c12-17(13)5-8-9(6-17)16-10(15)11(8)4-7-2-1-3-14-7/h1-3,8-9H,4-6H2/t8-,9+/m1/s1. The van der Waals surface area contributed by atoms with E-state index in [1.165, 1.54) is 11.8 Å². The second-order valence-electron chi connectivity index (χ2n) is 4.27. The number of thioether (sulfide) groups is 1. The maximum Gasteiger partial charge on any atom is 0.153 e. The van der Waals surface area contributed by atoms with Gasteiger partial charge in [0.15, 0.2) is 9.84 Å². The van der Waals surface area contributed by atoms with Gasteiger partial charge in [-0.3, -0.25) is 0 Å². The van der Waals surface area contributed by atoms with E-state index in [4.69, 9.17) is 16.6 Å². The van der Waals surface area contributed by atoms with Gasteiger partial charge in [0.05, 0.1) is 30.4 Å². The van der Waals surface area contributed by atoms with Gasteiger partial charge in [0.2, 0.25) is 0 Å². The molecular weight excluding hydrogens is 278 g/mol. The number of fused-ring (bicyclic) bond motifs is 1. The molecule has 92 valence electrons. The van der Waals surface area contributed by atoms with Crippen LogP contribution in [0, 0.1) is 0 Å². The number of rotatable bonds is 2. The lowest BCUT2D eigenvalue weighted by Crippen LogP contribution is -2.36. The zero-order valence-electron chi connectivity index (χ0n) is 8.90. The van der Waals surface area contributed by atoms with E-state index in [1.807, 2.05) is 17.0 Å². The van der Waals surface area contributed by atoms with Gasteiger partial charge in [0.1, 0.15) is 10.1 Å². The molecule has 1 aromatic rings. The van der Waals surface area contributed by atoms with Gasteiger partial charge in [0, 0.05) is 5.25 Å². The van der Waals surface area contributed by atoms with E-state index in [0.29, 0.717) is 6.54 Å². The third kappa shape index (κ3) is 2.11. The van der Waals surface area contributed by atoms with Crippen LogP contribution in [-0.4, -0.2) is 40.4 Å². The molecule has 0 amide bonds. The Kier molecular flexibility index (Phi) is 2.72. The lowest BCUT2D eigenvalue weighted by molar-refractivity contribution is 0.321. The Morgan fingerprint density at radius 3 is 3.06 bits per heavy atom. The number of hydrogen-bond acceptors (Lipinski definition) is 5. The Hall–Kier alpha value is -0.530. The molecule has 2 atom stereocenters. The average Bonchev–Trinajstić information content (AvgIpc) is 2.87. The summed E-state index contributed by atoms with van der Waals surface area (Å²) in [6.45, 7) is 0.565. The number of hydrogen-bond donors (Lipinski definition) is 0. The molecule has 0 spiro atoms. The van der Waals surface area contributed by atoms with Crippen LogP contribution >= 0.6 is 24.0 Å². The highest BCUT2D eigenvalue weighted by Gasteiger charge is 2.47. The van der Waals surface area contributed by atoms with Crippen molar-refractivity contribution < 1.29 is 12.8 Å². The zero-order chi connectivity index (χ0) is 12.0. The minimum absolute atomic E-state index is 0.0163. The molecule has 2 saturated heterocycles. The van der Waals surface area contributed by atoms with Crippen LogP contribution in [0.25, 0.3) is 0 Å². The molecule has 0 aromatic carbocycles. The number of nitrogens with zero attached hydrogens (tertiary/aromatic N) is 1. The number of thiocarbonyl (C=S) groups is 1. The van der Waals surface area contributed by atoms with Gasteiger partial charge in [-0.05, 0) is 12.1 Å². The van der Waals surface area contributed by atoms with E-state index in [-0.39, 0.29) is 22.8 Å². The second kappa shape index (κ2) is 4.00. The topological polar surface area (TPSA) is 50.5 Å². The summed E-state index contributed by atoms with van der Waals surface area (Å²) >= 11 is 6.80. The van der Waals surface area contributed by atoms with E-state index in [0.717, 1.165) is 10.1 Å². The zero-order valence-corrected chi connectivity index (χ0v) is 11.4. The van der Waals surface area contributed by atoms with Crippen molar-refractivity contribution in [2.24, 2.45) is 0 Å². The fraction of sp³-hybridized carbons (Fsp3) is 0.500. The molecule has 3 heterocycles. The Balaban J connectivity index is 1.82. The maximum atomic E-state index is 11.6. The van der Waals surface area contributed by atoms with Crippen LogP contribution < -0.4 is 0 Å². The Morgan fingerprint density at radius 2 is 2.35 bits per heavy atom. The molecule has 0 radical (unpaired) electrons. The normalized spacial score (nSPS) is 30.8. The van der Waals surface area contributed by atoms with Crippen LogP contribution in [0.3, 0.4) is 0 Å². The van der Waals surface area contributed by atoms with E-state index in [1.54, 1.807) is 6.26 Å². The quantitative estimate of drug-likeness (QED) is 0.765. The summed E-state index contributed by atoms with van der Waals surface area (Å²) in [5.74, 6) is 1.28. The second-order valence-corrected chi connectivity index (χ2v) is 8.30. The molecule has 0 saturated carbocycles. The third-order valence-corrected chi connectivity index (χ3v) is 6.74. The summed E-state index contributed by atoms with van der Waals surface area (Å²) in [5.41, 5.74) is 0. The van der Waals surface area contributed by atoms with Crippen molar-refractivity contribution in [1.82, 2.24) is 4.90 Å².